The van der Waals surface area contributed by atoms with E-state index in [4.69, 9.17) is 4.74 Å². The molecule has 0 spiro atoms. The molecule has 0 aromatic rings. The minimum absolute atomic E-state index is 0.0484. The van der Waals surface area contributed by atoms with Gasteiger partial charge in [-0.05, 0) is 30.9 Å². The molecule has 9 heteroatoms. The van der Waals surface area contributed by atoms with E-state index >= 15 is 0 Å². The van der Waals surface area contributed by atoms with E-state index in [0.717, 1.165) is 12.8 Å². The van der Waals surface area contributed by atoms with Crippen molar-refractivity contribution in [3.05, 3.63) is 96.1 Å². The van der Waals surface area contributed by atoms with Gasteiger partial charge in [-0.3, -0.25) is 19.2 Å². The lowest BCUT2D eigenvalue weighted by Gasteiger charge is -2.23. The maximum Gasteiger partial charge on any atom is 0.248 e. The summed E-state index contributed by atoms with van der Waals surface area (Å²) in [6.07, 6.45) is 21.1. The lowest BCUT2D eigenvalue weighted by molar-refractivity contribution is -0.121. The third kappa shape index (κ3) is 8.73. The molecule has 1 aliphatic heterocycles. The Kier molecular flexibility index (Phi) is 10.3. The summed E-state index contributed by atoms with van der Waals surface area (Å²) in [5, 5.41) is 25.4. The lowest BCUT2D eigenvalue weighted by Crippen LogP contribution is -2.42. The Hall–Kier alpha value is -4.08. The fraction of sp³-hybridized carbons (Fsp3) is 0.333. The van der Waals surface area contributed by atoms with Crippen LogP contribution in [0.2, 0.25) is 0 Å². The van der Waals surface area contributed by atoms with E-state index in [-0.39, 0.29) is 35.8 Å². The number of epoxide rings is 1. The van der Waals surface area contributed by atoms with Gasteiger partial charge in [0.25, 0.3) is 0 Å². The smallest absolute Gasteiger partial charge is 0.248 e. The molecule has 0 saturated carbocycles. The van der Waals surface area contributed by atoms with E-state index < -0.39 is 35.4 Å². The minimum atomic E-state index is -1.61. The standard InChI is InChI=1S/C30H34N2O7/c1-20(2)13-9-5-3-4-6-10-14-24(35)31-21-19-30(38,29-28(39-29)27(21)37)18-12-8-7-11-15-25(36)32-26-22(33)16-17-23(26)34/h3-8,10-12,14-15,18-20,28-29,33,38H,9,13,16-17H2,1-2H3,(H,31,35)(H,32,36)/b5-3+,6-4+,8-7+,14-10+,15-11+,18-12+/t28-,29-,30-/m0/s1. The van der Waals surface area contributed by atoms with Gasteiger partial charge >= 0.3 is 0 Å². The van der Waals surface area contributed by atoms with Crippen LogP contribution in [0, 0.1) is 5.92 Å². The molecule has 3 atom stereocenters. The molecular weight excluding hydrogens is 500 g/mol. The first-order valence-electron chi connectivity index (χ1n) is 12.9. The van der Waals surface area contributed by atoms with Crippen LogP contribution >= 0.6 is 0 Å². The van der Waals surface area contributed by atoms with Crippen LogP contribution in [0.3, 0.4) is 0 Å². The molecule has 1 saturated heterocycles. The lowest BCUT2D eigenvalue weighted by atomic mass is 9.88. The monoisotopic (exact) mass is 534 g/mol. The maximum atomic E-state index is 12.5. The zero-order valence-electron chi connectivity index (χ0n) is 22.0. The number of aliphatic hydroxyl groups excluding tert-OH is 1. The summed E-state index contributed by atoms with van der Waals surface area (Å²) < 4.78 is 5.33. The fourth-order valence-corrected chi connectivity index (χ4v) is 3.92. The molecular formula is C30H34N2O7. The molecule has 0 bridgehead atoms. The number of rotatable bonds is 12. The molecule has 2 amide bonds. The average molecular weight is 535 g/mol. The van der Waals surface area contributed by atoms with Gasteiger partial charge in [0, 0.05) is 25.0 Å². The second-order valence-corrected chi connectivity index (χ2v) is 9.76. The van der Waals surface area contributed by atoms with Crippen molar-refractivity contribution in [1.82, 2.24) is 10.6 Å². The second kappa shape index (κ2) is 13.6. The van der Waals surface area contributed by atoms with E-state index in [1.54, 1.807) is 18.2 Å². The van der Waals surface area contributed by atoms with Crippen LogP contribution in [0.25, 0.3) is 0 Å². The van der Waals surface area contributed by atoms with Crippen LogP contribution in [0.1, 0.15) is 39.5 Å². The molecule has 9 nitrogen and oxygen atoms in total. The van der Waals surface area contributed by atoms with Crippen molar-refractivity contribution in [2.45, 2.75) is 57.3 Å². The number of allylic oxidation sites excluding steroid dienone is 11. The fourth-order valence-electron chi connectivity index (χ4n) is 3.92. The molecule has 1 heterocycles. The molecule has 2 aliphatic carbocycles. The van der Waals surface area contributed by atoms with Crippen molar-refractivity contribution < 1.29 is 34.1 Å². The highest BCUT2D eigenvalue weighted by atomic mass is 16.6. The van der Waals surface area contributed by atoms with Crippen LogP contribution in [0.15, 0.2) is 96.1 Å². The van der Waals surface area contributed by atoms with Crippen LogP contribution in [-0.4, -0.2) is 51.4 Å². The van der Waals surface area contributed by atoms with E-state index in [9.17, 15) is 29.4 Å². The van der Waals surface area contributed by atoms with Gasteiger partial charge in [-0.15, -0.1) is 0 Å². The highest BCUT2D eigenvalue weighted by Gasteiger charge is 2.59. The summed E-state index contributed by atoms with van der Waals surface area (Å²) in [6, 6.07) is 0. The Labute approximate surface area is 227 Å². The van der Waals surface area contributed by atoms with Gasteiger partial charge in [0.1, 0.15) is 23.2 Å². The predicted octanol–water partition coefficient (Wildman–Crippen LogP) is 3.09. The summed E-state index contributed by atoms with van der Waals surface area (Å²) in [7, 11) is 0. The third-order valence-corrected chi connectivity index (χ3v) is 6.08. The van der Waals surface area contributed by atoms with Gasteiger partial charge < -0.3 is 25.6 Å². The quantitative estimate of drug-likeness (QED) is 0.171. The minimum Gasteiger partial charge on any atom is -0.510 e. The molecule has 1 fully saturated rings. The Morgan fingerprint density at radius 3 is 2.28 bits per heavy atom. The summed E-state index contributed by atoms with van der Waals surface area (Å²) in [5.74, 6) is -1.28. The number of fused-ring (bicyclic) bond motifs is 1. The zero-order valence-corrected chi connectivity index (χ0v) is 22.0. The van der Waals surface area contributed by atoms with Crippen molar-refractivity contribution in [3.8, 4) is 0 Å². The van der Waals surface area contributed by atoms with E-state index in [1.165, 1.54) is 42.5 Å². The van der Waals surface area contributed by atoms with Crippen molar-refractivity contribution in [1.29, 1.82) is 0 Å². The molecule has 0 radical (unpaired) electrons. The zero-order chi connectivity index (χ0) is 28.4. The number of hydrogen-bond donors (Lipinski definition) is 4. The van der Waals surface area contributed by atoms with Crippen LogP contribution in [0.5, 0.6) is 0 Å². The molecule has 0 aromatic heterocycles. The van der Waals surface area contributed by atoms with Gasteiger partial charge in [0.05, 0.1) is 5.70 Å². The molecule has 4 N–H and O–H groups in total. The molecule has 3 rings (SSSR count). The number of hydrogen-bond acceptors (Lipinski definition) is 7. The van der Waals surface area contributed by atoms with Gasteiger partial charge in [0.2, 0.25) is 17.6 Å². The Morgan fingerprint density at radius 2 is 1.64 bits per heavy atom. The SMILES string of the molecule is CC(C)CC/C=C/C=C/C=C/C(=O)NC1=C[C@@](O)(/C=C/C=C/C=C/C(=O)NC2=C(O)CCC2=O)[C@H]2O[C@H]2C1=O. The normalized spacial score (nSPS) is 25.4. The molecule has 0 unspecified atom stereocenters. The third-order valence-electron chi connectivity index (χ3n) is 6.08. The van der Waals surface area contributed by atoms with Crippen LogP contribution < -0.4 is 10.6 Å². The highest BCUT2D eigenvalue weighted by Crippen LogP contribution is 2.40. The number of carbonyl (C=O) groups excluding carboxylic acids is 4. The number of amides is 2. The number of ketones is 2. The number of aliphatic hydroxyl groups is 2. The average Bonchev–Trinajstić information content (AvgIpc) is 3.64. The summed E-state index contributed by atoms with van der Waals surface area (Å²) >= 11 is 0. The predicted molar refractivity (Wildman–Crippen MR) is 146 cm³/mol. The molecule has 3 aliphatic rings. The topological polar surface area (TPSA) is 145 Å². The Bertz CT molecular complexity index is 1230. The first kappa shape index (κ1) is 29.5. The number of nitrogens with one attached hydrogen (secondary N) is 2. The van der Waals surface area contributed by atoms with E-state index in [2.05, 4.69) is 30.6 Å². The Morgan fingerprint density at radius 1 is 1.00 bits per heavy atom. The largest absolute Gasteiger partial charge is 0.510 e. The van der Waals surface area contributed by atoms with Gasteiger partial charge in [-0.2, -0.15) is 0 Å². The van der Waals surface area contributed by atoms with Gasteiger partial charge in [-0.25, -0.2) is 0 Å². The van der Waals surface area contributed by atoms with Crippen LogP contribution in [0.4, 0.5) is 0 Å². The first-order valence-corrected chi connectivity index (χ1v) is 12.9. The van der Waals surface area contributed by atoms with Crippen molar-refractivity contribution >= 4 is 23.4 Å². The number of ether oxygens (including phenoxy) is 1. The maximum absolute atomic E-state index is 12.5. The molecule has 0 aromatic carbocycles. The summed E-state index contributed by atoms with van der Waals surface area (Å²) in [6.45, 7) is 4.33. The van der Waals surface area contributed by atoms with Crippen molar-refractivity contribution in [3.63, 3.8) is 0 Å². The summed E-state index contributed by atoms with van der Waals surface area (Å²) in [4.78, 5) is 48.2. The van der Waals surface area contributed by atoms with E-state index in [1.807, 2.05) is 12.2 Å². The summed E-state index contributed by atoms with van der Waals surface area (Å²) in [5.41, 5.74) is -1.73. The number of Topliss-reactive ketones (excluding diaryl/α,β-unsaturated/α-hetero) is 2. The molecule has 39 heavy (non-hydrogen) atoms. The van der Waals surface area contributed by atoms with Crippen LogP contribution in [-0.2, 0) is 23.9 Å². The second-order valence-electron chi connectivity index (χ2n) is 9.76. The van der Waals surface area contributed by atoms with Crippen molar-refractivity contribution in [2.24, 2.45) is 5.92 Å². The van der Waals surface area contributed by atoms with Gasteiger partial charge in [-0.1, -0.05) is 68.5 Å². The highest BCUT2D eigenvalue weighted by molar-refractivity contribution is 6.06. The molecule has 206 valence electrons. The van der Waals surface area contributed by atoms with Gasteiger partial charge in [0.15, 0.2) is 11.9 Å². The van der Waals surface area contributed by atoms with Crippen molar-refractivity contribution in [2.75, 3.05) is 0 Å². The number of carbonyl (C=O) groups is 4. The first-order chi connectivity index (χ1) is 18.6. The van der Waals surface area contributed by atoms with E-state index in [0.29, 0.717) is 5.92 Å². The Balaban J connectivity index is 1.52.